The summed E-state index contributed by atoms with van der Waals surface area (Å²) in [6.07, 6.45) is 5.31. The van der Waals surface area contributed by atoms with Crippen molar-refractivity contribution in [1.29, 1.82) is 0 Å². The van der Waals surface area contributed by atoms with Gasteiger partial charge in [0.05, 0.1) is 0 Å². The Hall–Kier alpha value is -0.0400. The van der Waals surface area contributed by atoms with Crippen LogP contribution in [0.2, 0.25) is 0 Å². The zero-order valence-corrected chi connectivity index (χ0v) is 6.34. The van der Waals surface area contributed by atoms with Gasteiger partial charge in [-0.25, -0.2) is 0 Å². The molecule has 0 bridgehead atoms. The second-order valence-corrected chi connectivity index (χ2v) is 3.94. The van der Waals surface area contributed by atoms with Gasteiger partial charge in [0.2, 0.25) is 0 Å². The molecular formula is C9H15N. The summed E-state index contributed by atoms with van der Waals surface area (Å²) in [7, 11) is 0. The van der Waals surface area contributed by atoms with E-state index in [0.717, 1.165) is 11.8 Å². The number of hydrogen-bond donors (Lipinski definition) is 1. The molecule has 0 aliphatic heterocycles. The van der Waals surface area contributed by atoms with Gasteiger partial charge in [0, 0.05) is 0 Å². The molecule has 0 aromatic carbocycles. The van der Waals surface area contributed by atoms with E-state index in [2.05, 4.69) is 0 Å². The summed E-state index contributed by atoms with van der Waals surface area (Å²) in [6.45, 7) is 6.75. The van der Waals surface area contributed by atoms with E-state index < -0.39 is 0 Å². The summed E-state index contributed by atoms with van der Waals surface area (Å²) >= 11 is 0. The van der Waals surface area contributed by atoms with E-state index in [0.29, 0.717) is 6.54 Å². The van der Waals surface area contributed by atoms with Crippen molar-refractivity contribution in [1.82, 2.24) is 0 Å². The Labute approximate surface area is 63.0 Å². The largest absolute Gasteiger partial charge is 0.330 e. The van der Waals surface area contributed by atoms with Gasteiger partial charge in [0.1, 0.15) is 0 Å². The highest BCUT2D eigenvalue weighted by molar-refractivity contribution is 5.05. The molecule has 0 amide bonds. The molecule has 0 unspecified atom stereocenters. The Kier molecular flexibility index (Phi) is 1.31. The lowest BCUT2D eigenvalue weighted by molar-refractivity contribution is 0.0311. The fourth-order valence-corrected chi connectivity index (χ4v) is 2.75. The van der Waals surface area contributed by atoms with Gasteiger partial charge in [-0.15, -0.1) is 0 Å². The molecule has 0 saturated heterocycles. The Bertz CT molecular complexity index is 144. The third-order valence-corrected chi connectivity index (χ3v) is 3.42. The topological polar surface area (TPSA) is 26.0 Å². The lowest BCUT2D eigenvalue weighted by Crippen LogP contribution is -2.48. The number of hydrogen-bond acceptors (Lipinski definition) is 1. The average Bonchev–Trinajstić information content (AvgIpc) is 2.30. The Balaban J connectivity index is 2.05. The van der Waals surface area contributed by atoms with Gasteiger partial charge in [-0.2, -0.15) is 0 Å². The van der Waals surface area contributed by atoms with E-state index in [-0.39, 0.29) is 5.41 Å². The van der Waals surface area contributed by atoms with Crippen LogP contribution >= 0.6 is 0 Å². The highest BCUT2D eigenvalue weighted by Crippen LogP contribution is 2.57. The van der Waals surface area contributed by atoms with Crippen molar-refractivity contribution in [3.05, 3.63) is 6.92 Å². The van der Waals surface area contributed by atoms with Crippen LogP contribution in [0.15, 0.2) is 0 Å². The minimum atomic E-state index is 0.0428. The van der Waals surface area contributed by atoms with Crippen LogP contribution in [0.4, 0.5) is 0 Å². The lowest BCUT2D eigenvalue weighted by atomic mass is 9.56. The first-order valence-electron chi connectivity index (χ1n) is 4.25. The molecule has 0 aromatic heterocycles. The van der Waals surface area contributed by atoms with Gasteiger partial charge in [-0.1, -0.05) is 12.8 Å². The first-order valence-corrected chi connectivity index (χ1v) is 4.25. The predicted molar refractivity (Wildman–Crippen MR) is 41.2 cm³/mol. The van der Waals surface area contributed by atoms with Gasteiger partial charge < -0.3 is 5.73 Å². The maximum absolute atomic E-state index is 6.06. The van der Waals surface area contributed by atoms with Gasteiger partial charge >= 0.3 is 0 Å². The van der Waals surface area contributed by atoms with E-state index in [4.69, 9.17) is 12.7 Å². The molecule has 2 radical (unpaired) electrons. The summed E-state index contributed by atoms with van der Waals surface area (Å²) < 4.78 is 0. The van der Waals surface area contributed by atoms with Crippen molar-refractivity contribution in [2.75, 3.05) is 6.54 Å². The van der Waals surface area contributed by atoms with Gasteiger partial charge in [0.15, 0.2) is 0 Å². The van der Waals surface area contributed by atoms with Gasteiger partial charge in [-0.05, 0) is 43.6 Å². The van der Waals surface area contributed by atoms with Crippen LogP contribution in [0.3, 0.4) is 0 Å². The van der Waals surface area contributed by atoms with Crippen LogP contribution in [0.5, 0.6) is 0 Å². The van der Waals surface area contributed by atoms with E-state index in [1.165, 1.54) is 25.7 Å². The maximum Gasteiger partial charge on any atom is -0.00148 e. The summed E-state index contributed by atoms with van der Waals surface area (Å²) in [6, 6.07) is 0. The van der Waals surface area contributed by atoms with Crippen molar-refractivity contribution in [3.63, 3.8) is 0 Å². The molecule has 1 nitrogen and oxygen atoms in total. The molecule has 10 heavy (non-hydrogen) atoms. The van der Waals surface area contributed by atoms with Gasteiger partial charge in [0.25, 0.3) is 0 Å². The third-order valence-electron chi connectivity index (χ3n) is 3.42. The number of rotatable bonds is 1. The third kappa shape index (κ3) is 0.672. The summed E-state index contributed by atoms with van der Waals surface area (Å²) in [4.78, 5) is 0. The molecule has 2 saturated carbocycles. The molecule has 0 aromatic rings. The lowest BCUT2D eigenvalue weighted by Gasteiger charge is -2.49. The molecule has 0 spiro atoms. The smallest absolute Gasteiger partial charge is 0.00148 e. The molecule has 2 N–H and O–H groups in total. The number of fused-ring (bicyclic) bond motifs is 1. The minimum Gasteiger partial charge on any atom is -0.330 e. The van der Waals surface area contributed by atoms with Gasteiger partial charge in [-0.3, -0.25) is 0 Å². The molecule has 0 heterocycles. The molecular weight excluding hydrogens is 122 g/mol. The SMILES string of the molecule is [CH][C@]1(CN)C[C@@H]2CCC[C@@H]21. The van der Waals surface area contributed by atoms with Crippen LogP contribution < -0.4 is 5.73 Å². The maximum atomic E-state index is 6.06. The highest BCUT2D eigenvalue weighted by atomic mass is 14.7. The van der Waals surface area contributed by atoms with Crippen molar-refractivity contribution in [3.8, 4) is 0 Å². The minimum absolute atomic E-state index is 0.0428. The fraction of sp³-hybridized carbons (Fsp3) is 0.889. The normalized spacial score (nSPS) is 52.2. The summed E-state index contributed by atoms with van der Waals surface area (Å²) in [5, 5.41) is 0. The highest BCUT2D eigenvalue weighted by Gasteiger charge is 2.51. The molecule has 2 rings (SSSR count). The molecule has 56 valence electrons. The molecule has 3 atom stereocenters. The molecule has 2 aliphatic carbocycles. The quantitative estimate of drug-likeness (QED) is 0.581. The Morgan fingerprint density at radius 1 is 1.50 bits per heavy atom. The molecule has 2 fully saturated rings. The van der Waals surface area contributed by atoms with Crippen LogP contribution in [0, 0.1) is 24.2 Å². The average molecular weight is 137 g/mol. The Morgan fingerprint density at radius 3 is 2.90 bits per heavy atom. The van der Waals surface area contributed by atoms with Crippen molar-refractivity contribution >= 4 is 0 Å². The molecule has 2 aliphatic rings. The summed E-state index contributed by atoms with van der Waals surface area (Å²) in [5.41, 5.74) is 5.64. The summed E-state index contributed by atoms with van der Waals surface area (Å²) in [5.74, 6) is 1.71. The van der Waals surface area contributed by atoms with Crippen molar-refractivity contribution < 1.29 is 0 Å². The van der Waals surface area contributed by atoms with E-state index >= 15 is 0 Å². The fourth-order valence-electron chi connectivity index (χ4n) is 2.75. The number of nitrogens with two attached hydrogens (primary N) is 1. The standard InChI is InChI=1S/C9H15N/c1-9(6-10)5-7-3-2-4-8(7)9/h1,7-8H,2-6,10H2/t7-,8-,9+/m0/s1. The van der Waals surface area contributed by atoms with E-state index in [1.807, 2.05) is 0 Å². The second kappa shape index (κ2) is 1.97. The molecule has 1 heteroatoms. The van der Waals surface area contributed by atoms with Crippen molar-refractivity contribution in [2.24, 2.45) is 23.0 Å². The predicted octanol–water partition coefficient (Wildman–Crippen LogP) is 1.46. The Morgan fingerprint density at radius 2 is 2.30 bits per heavy atom. The second-order valence-electron chi connectivity index (χ2n) is 3.94. The van der Waals surface area contributed by atoms with Crippen LogP contribution in [0.25, 0.3) is 0 Å². The van der Waals surface area contributed by atoms with Crippen LogP contribution in [-0.4, -0.2) is 6.54 Å². The monoisotopic (exact) mass is 137 g/mol. The van der Waals surface area contributed by atoms with E-state index in [9.17, 15) is 0 Å². The van der Waals surface area contributed by atoms with Crippen LogP contribution in [0.1, 0.15) is 25.7 Å². The first-order chi connectivity index (χ1) is 4.76. The first kappa shape index (κ1) is 6.66. The van der Waals surface area contributed by atoms with Crippen molar-refractivity contribution in [2.45, 2.75) is 25.7 Å². The van der Waals surface area contributed by atoms with E-state index in [1.54, 1.807) is 0 Å². The van der Waals surface area contributed by atoms with Crippen LogP contribution in [-0.2, 0) is 0 Å². The zero-order chi connectivity index (χ0) is 7.19. The zero-order valence-electron chi connectivity index (χ0n) is 6.34.